The molecule has 0 aromatic rings. The largest absolute Gasteiger partial charge is 0.500 e. The molecule has 0 saturated carbocycles. The minimum absolute atomic E-state index is 0.176. The minimum atomic E-state index is -2.44. The van der Waals surface area contributed by atoms with E-state index in [0.717, 1.165) is 36.8 Å². The molecule has 0 bridgehead atoms. The lowest BCUT2D eigenvalue weighted by atomic mass is 10.2. The van der Waals surface area contributed by atoms with E-state index in [1.54, 1.807) is 0 Å². The van der Waals surface area contributed by atoms with Crippen LogP contribution in [0.4, 0.5) is 0 Å². The fraction of sp³-hybridized carbons (Fsp3) is 1.00. The molecule has 0 heterocycles. The number of thioether (sulfide) groups is 1. The second-order valence-corrected chi connectivity index (χ2v) is 8.65. The summed E-state index contributed by atoms with van der Waals surface area (Å²) in [6, 6.07) is 0.895. The quantitative estimate of drug-likeness (QED) is 0.392. The molecule has 20 heavy (non-hydrogen) atoms. The smallest absolute Gasteiger partial charge is 0.393 e. The van der Waals surface area contributed by atoms with Gasteiger partial charge in [0.05, 0.1) is 6.10 Å². The molecule has 0 aliphatic heterocycles. The first-order chi connectivity index (χ1) is 9.60. The van der Waals surface area contributed by atoms with E-state index >= 15 is 0 Å². The standard InChI is InChI=1S/C14H32O4SSi/c1-5-16-20(17-6-2,18-7-3)13-9-12-19-11-8-10-14(4)15/h14-15H,5-13H2,1-4H3. The van der Waals surface area contributed by atoms with Crippen LogP contribution in [-0.4, -0.2) is 51.3 Å². The highest BCUT2D eigenvalue weighted by Crippen LogP contribution is 2.20. The van der Waals surface area contributed by atoms with Crippen LogP contribution in [0.25, 0.3) is 0 Å². The van der Waals surface area contributed by atoms with Crippen molar-refractivity contribution in [2.24, 2.45) is 0 Å². The molecule has 1 unspecified atom stereocenters. The average molecular weight is 325 g/mol. The maximum Gasteiger partial charge on any atom is 0.500 e. The van der Waals surface area contributed by atoms with Gasteiger partial charge in [-0.15, -0.1) is 0 Å². The predicted molar refractivity (Wildman–Crippen MR) is 88.3 cm³/mol. The zero-order valence-electron chi connectivity index (χ0n) is 13.5. The molecule has 1 N–H and O–H groups in total. The number of rotatable bonds is 14. The minimum Gasteiger partial charge on any atom is -0.393 e. The lowest BCUT2D eigenvalue weighted by molar-refractivity contribution is 0.0712. The average Bonchev–Trinajstić information content (AvgIpc) is 2.38. The van der Waals surface area contributed by atoms with E-state index in [-0.39, 0.29) is 6.10 Å². The molecule has 6 heteroatoms. The van der Waals surface area contributed by atoms with Gasteiger partial charge >= 0.3 is 8.80 Å². The lowest BCUT2D eigenvalue weighted by Gasteiger charge is -2.28. The van der Waals surface area contributed by atoms with Gasteiger partial charge in [0.2, 0.25) is 0 Å². The topological polar surface area (TPSA) is 47.9 Å². The second kappa shape index (κ2) is 13.1. The first kappa shape index (κ1) is 20.4. The zero-order chi connectivity index (χ0) is 15.3. The van der Waals surface area contributed by atoms with Crippen LogP contribution < -0.4 is 0 Å². The van der Waals surface area contributed by atoms with Crippen LogP contribution in [0.3, 0.4) is 0 Å². The number of hydrogen-bond acceptors (Lipinski definition) is 5. The van der Waals surface area contributed by atoms with Crippen LogP contribution in [0.15, 0.2) is 0 Å². The molecular formula is C14H32O4SSi. The molecule has 0 aliphatic rings. The molecule has 0 aromatic heterocycles. The highest BCUT2D eigenvalue weighted by Gasteiger charge is 2.39. The van der Waals surface area contributed by atoms with Gasteiger partial charge in [-0.3, -0.25) is 0 Å². The highest BCUT2D eigenvalue weighted by atomic mass is 32.2. The zero-order valence-corrected chi connectivity index (χ0v) is 15.3. The van der Waals surface area contributed by atoms with Gasteiger partial charge in [0.25, 0.3) is 0 Å². The third-order valence-electron chi connectivity index (χ3n) is 2.77. The van der Waals surface area contributed by atoms with Gasteiger partial charge in [0.15, 0.2) is 0 Å². The molecule has 0 aliphatic carbocycles. The third kappa shape index (κ3) is 10.2. The number of aliphatic hydroxyl groups excluding tert-OH is 1. The van der Waals surface area contributed by atoms with E-state index in [1.807, 2.05) is 39.5 Å². The van der Waals surface area contributed by atoms with Gasteiger partial charge in [-0.25, -0.2) is 0 Å². The Morgan fingerprint density at radius 2 is 1.45 bits per heavy atom. The summed E-state index contributed by atoms with van der Waals surface area (Å²) in [5.41, 5.74) is 0. The van der Waals surface area contributed by atoms with Gasteiger partial charge in [-0.2, -0.15) is 11.8 Å². The second-order valence-electron chi connectivity index (χ2n) is 4.69. The van der Waals surface area contributed by atoms with Crippen molar-refractivity contribution in [2.75, 3.05) is 31.3 Å². The van der Waals surface area contributed by atoms with Gasteiger partial charge in [0, 0.05) is 25.9 Å². The van der Waals surface area contributed by atoms with E-state index in [9.17, 15) is 5.11 Å². The Morgan fingerprint density at radius 1 is 0.950 bits per heavy atom. The summed E-state index contributed by atoms with van der Waals surface area (Å²) in [7, 11) is -2.44. The van der Waals surface area contributed by atoms with E-state index in [4.69, 9.17) is 13.3 Å². The van der Waals surface area contributed by atoms with Gasteiger partial charge in [0.1, 0.15) is 0 Å². The first-order valence-corrected chi connectivity index (χ1v) is 10.9. The fourth-order valence-electron chi connectivity index (χ4n) is 1.97. The molecule has 0 aromatic carbocycles. The van der Waals surface area contributed by atoms with Crippen LogP contribution in [0.5, 0.6) is 0 Å². The summed E-state index contributed by atoms with van der Waals surface area (Å²) >= 11 is 1.93. The normalized spacial score (nSPS) is 13.7. The third-order valence-corrected chi connectivity index (χ3v) is 7.08. The molecule has 0 amide bonds. The summed E-state index contributed by atoms with van der Waals surface area (Å²) in [4.78, 5) is 0. The van der Waals surface area contributed by atoms with Gasteiger partial charge in [-0.05, 0) is 58.5 Å². The Labute approximate surface area is 129 Å². The molecule has 1 atom stereocenters. The van der Waals surface area contributed by atoms with Crippen molar-refractivity contribution < 1.29 is 18.4 Å². The molecule has 0 saturated heterocycles. The Kier molecular flexibility index (Phi) is 13.4. The summed E-state index contributed by atoms with van der Waals surface area (Å²) in [5.74, 6) is 2.21. The molecular weight excluding hydrogens is 292 g/mol. The highest BCUT2D eigenvalue weighted by molar-refractivity contribution is 7.99. The molecule has 4 nitrogen and oxygen atoms in total. The van der Waals surface area contributed by atoms with Crippen molar-refractivity contribution >= 4 is 20.6 Å². The van der Waals surface area contributed by atoms with E-state index in [1.165, 1.54) is 0 Å². The van der Waals surface area contributed by atoms with Crippen molar-refractivity contribution in [1.29, 1.82) is 0 Å². The maximum atomic E-state index is 9.19. The molecule has 122 valence electrons. The van der Waals surface area contributed by atoms with Crippen LogP contribution in [0.2, 0.25) is 6.04 Å². The van der Waals surface area contributed by atoms with Crippen molar-refractivity contribution in [3.63, 3.8) is 0 Å². The van der Waals surface area contributed by atoms with Crippen LogP contribution in [0.1, 0.15) is 47.0 Å². The molecule has 0 spiro atoms. The fourth-order valence-corrected chi connectivity index (χ4v) is 5.77. The molecule has 0 rings (SSSR count). The van der Waals surface area contributed by atoms with E-state index < -0.39 is 8.80 Å². The predicted octanol–water partition coefficient (Wildman–Crippen LogP) is 3.32. The first-order valence-electron chi connectivity index (χ1n) is 7.77. The lowest BCUT2D eigenvalue weighted by Crippen LogP contribution is -2.46. The van der Waals surface area contributed by atoms with Crippen molar-refractivity contribution in [3.8, 4) is 0 Å². The Hall–Kier alpha value is 0.407. The van der Waals surface area contributed by atoms with Gasteiger partial charge in [-0.1, -0.05) is 0 Å². The summed E-state index contributed by atoms with van der Waals surface area (Å²) in [6.45, 7) is 9.76. The van der Waals surface area contributed by atoms with E-state index in [0.29, 0.717) is 19.8 Å². The SMILES string of the molecule is CCO[Si](CCCSCCCC(C)O)(OCC)OCC. The summed E-state index contributed by atoms with van der Waals surface area (Å²) in [5, 5.41) is 9.19. The Balaban J connectivity index is 3.88. The van der Waals surface area contributed by atoms with E-state index in [2.05, 4.69) is 0 Å². The summed E-state index contributed by atoms with van der Waals surface area (Å²) in [6.07, 6.45) is 2.85. The maximum absolute atomic E-state index is 9.19. The van der Waals surface area contributed by atoms with Gasteiger partial charge < -0.3 is 18.4 Å². The van der Waals surface area contributed by atoms with Crippen LogP contribution in [0, 0.1) is 0 Å². The molecule has 0 radical (unpaired) electrons. The van der Waals surface area contributed by atoms with Crippen LogP contribution in [-0.2, 0) is 13.3 Å². The van der Waals surface area contributed by atoms with Crippen molar-refractivity contribution in [2.45, 2.75) is 59.1 Å². The van der Waals surface area contributed by atoms with Crippen LogP contribution >= 0.6 is 11.8 Å². The van der Waals surface area contributed by atoms with Crippen molar-refractivity contribution in [3.05, 3.63) is 0 Å². The number of hydrogen-bond donors (Lipinski definition) is 1. The number of aliphatic hydroxyl groups is 1. The Bertz CT molecular complexity index is 200. The molecule has 0 fully saturated rings. The monoisotopic (exact) mass is 324 g/mol. The Morgan fingerprint density at radius 3 is 1.90 bits per heavy atom. The summed E-state index contributed by atoms with van der Waals surface area (Å²) < 4.78 is 17.5. The van der Waals surface area contributed by atoms with Crippen molar-refractivity contribution in [1.82, 2.24) is 0 Å².